The summed E-state index contributed by atoms with van der Waals surface area (Å²) in [7, 11) is 4.10. The molecule has 4 aromatic rings. The summed E-state index contributed by atoms with van der Waals surface area (Å²) < 4.78 is 5.45. The third-order valence-corrected chi connectivity index (χ3v) is 5.81. The number of benzene rings is 2. The summed E-state index contributed by atoms with van der Waals surface area (Å²) in [6.07, 6.45) is 4.23. The van der Waals surface area contributed by atoms with Gasteiger partial charge in [-0.1, -0.05) is 52.1 Å². The molecule has 2 heterocycles. The highest BCUT2D eigenvalue weighted by molar-refractivity contribution is 14.1. The first-order valence-corrected chi connectivity index (χ1v) is 10.4. The van der Waals surface area contributed by atoms with E-state index in [0.717, 1.165) is 28.5 Å². The molecule has 0 atom stereocenters. The lowest BCUT2D eigenvalue weighted by molar-refractivity contribution is 1.13. The van der Waals surface area contributed by atoms with Crippen LogP contribution in [-0.2, 0) is 0 Å². The van der Waals surface area contributed by atoms with Crippen LogP contribution in [-0.4, -0.2) is 30.0 Å². The van der Waals surface area contributed by atoms with Crippen LogP contribution in [0.1, 0.15) is 0 Å². The summed E-state index contributed by atoms with van der Waals surface area (Å²) in [5.41, 5.74) is 5.68. The minimum absolute atomic E-state index is 0.837. The van der Waals surface area contributed by atoms with Crippen LogP contribution in [0.15, 0.2) is 58.8 Å². The maximum atomic E-state index is 4.84. The van der Waals surface area contributed by atoms with Crippen molar-refractivity contribution in [2.75, 3.05) is 30.9 Å². The lowest BCUT2D eigenvalue weighted by atomic mass is 10.1. The minimum Gasteiger partial charge on any atom is -0.382 e. The molecule has 0 aliphatic heterocycles. The zero-order valence-electron chi connectivity index (χ0n) is 14.6. The molecule has 0 unspecified atom stereocenters. The second-order valence-corrected chi connectivity index (χ2v) is 7.98. The molecule has 2 aromatic carbocycles. The molecule has 1 N–H and O–H groups in total. The van der Waals surface area contributed by atoms with Gasteiger partial charge < -0.3 is 10.2 Å². The predicted octanol–water partition coefficient (Wildman–Crippen LogP) is 5.64. The van der Waals surface area contributed by atoms with Crippen molar-refractivity contribution in [2.45, 2.75) is 0 Å². The second kappa shape index (κ2) is 7.28. The molecule has 0 amide bonds. The average Bonchev–Trinajstić information content (AvgIpc) is 3.19. The van der Waals surface area contributed by atoms with E-state index in [1.807, 2.05) is 4.08 Å². The van der Waals surface area contributed by atoms with Crippen LogP contribution in [0.4, 0.5) is 11.4 Å². The number of nitrogens with one attached hydrogen (secondary N) is 1. The number of fused-ring (bicyclic) bond motifs is 3. The van der Waals surface area contributed by atoms with Crippen LogP contribution in [0, 0.1) is 0 Å². The Morgan fingerprint density at radius 3 is 2.73 bits per heavy atom. The molecule has 4 nitrogen and oxygen atoms in total. The fourth-order valence-electron chi connectivity index (χ4n) is 2.90. The maximum absolute atomic E-state index is 4.84. The number of aromatic nitrogens is 2. The van der Waals surface area contributed by atoms with Crippen LogP contribution < -0.4 is 10.2 Å². The van der Waals surface area contributed by atoms with E-state index < -0.39 is 0 Å². The van der Waals surface area contributed by atoms with Crippen molar-refractivity contribution in [3.63, 3.8) is 0 Å². The number of imidazole rings is 1. The van der Waals surface area contributed by atoms with E-state index in [0.29, 0.717) is 0 Å². The lowest BCUT2D eigenvalue weighted by Gasteiger charge is -2.12. The number of nitrogens with zero attached hydrogens (tertiary/aromatic N) is 3. The van der Waals surface area contributed by atoms with Gasteiger partial charge in [0.1, 0.15) is 0 Å². The normalized spacial score (nSPS) is 11.7. The van der Waals surface area contributed by atoms with Crippen molar-refractivity contribution >= 4 is 60.5 Å². The molecule has 0 saturated carbocycles. The average molecular weight is 470 g/mol. The highest BCUT2D eigenvalue weighted by Gasteiger charge is 2.11. The number of halogens is 1. The summed E-state index contributed by atoms with van der Waals surface area (Å²) in [6.45, 7) is 0.837. The molecule has 0 bridgehead atoms. The molecule has 2 aromatic heterocycles. The van der Waals surface area contributed by atoms with Crippen molar-refractivity contribution in [3.8, 4) is 11.3 Å². The van der Waals surface area contributed by atoms with Gasteiger partial charge in [-0.3, -0.25) is 4.40 Å². The van der Waals surface area contributed by atoms with Crippen molar-refractivity contribution in [2.24, 2.45) is 0 Å². The first-order valence-electron chi connectivity index (χ1n) is 8.34. The van der Waals surface area contributed by atoms with Crippen LogP contribution in [0.25, 0.3) is 26.4 Å². The Morgan fingerprint density at radius 2 is 2.00 bits per heavy atom. The summed E-state index contributed by atoms with van der Waals surface area (Å²) in [4.78, 5) is 7.96. The van der Waals surface area contributed by atoms with Crippen LogP contribution in [0.5, 0.6) is 0 Å². The third kappa shape index (κ3) is 3.31. The van der Waals surface area contributed by atoms with E-state index in [9.17, 15) is 0 Å². The second-order valence-electron chi connectivity index (χ2n) is 6.25. The van der Waals surface area contributed by atoms with Gasteiger partial charge in [0.05, 0.1) is 15.9 Å². The van der Waals surface area contributed by atoms with Gasteiger partial charge in [0.25, 0.3) is 0 Å². The van der Waals surface area contributed by atoms with E-state index in [4.69, 9.17) is 4.98 Å². The van der Waals surface area contributed by atoms with Gasteiger partial charge in [-0.2, -0.15) is 0 Å². The molecule has 0 fully saturated rings. The van der Waals surface area contributed by atoms with Gasteiger partial charge in [-0.25, -0.2) is 4.98 Å². The molecule has 0 aliphatic carbocycles. The molecule has 0 saturated heterocycles. The minimum atomic E-state index is 0.837. The number of thiazole rings is 1. The molecular formula is C20H19IN4S. The van der Waals surface area contributed by atoms with Gasteiger partial charge in [-0.15, -0.1) is 0 Å². The smallest absolute Gasteiger partial charge is 0.195 e. The lowest BCUT2D eigenvalue weighted by Crippen LogP contribution is -2.07. The highest BCUT2D eigenvalue weighted by Crippen LogP contribution is 2.31. The molecule has 0 radical (unpaired) electrons. The summed E-state index contributed by atoms with van der Waals surface area (Å²) in [5.74, 6) is 0. The van der Waals surface area contributed by atoms with E-state index in [2.05, 4.69) is 106 Å². The largest absolute Gasteiger partial charge is 0.382 e. The van der Waals surface area contributed by atoms with E-state index in [1.54, 1.807) is 11.3 Å². The Bertz CT molecular complexity index is 1080. The Labute approximate surface area is 170 Å². The van der Waals surface area contributed by atoms with Gasteiger partial charge >= 0.3 is 0 Å². The number of rotatable bonds is 5. The van der Waals surface area contributed by atoms with Crippen LogP contribution in [0.3, 0.4) is 0 Å². The van der Waals surface area contributed by atoms with Crippen molar-refractivity contribution in [3.05, 3.63) is 58.8 Å². The topological polar surface area (TPSA) is 32.6 Å². The number of hydrogen-bond acceptors (Lipinski definition) is 4. The summed E-state index contributed by atoms with van der Waals surface area (Å²) >= 11 is 3.96. The summed E-state index contributed by atoms with van der Waals surface area (Å²) in [5, 5.41) is 3.41. The van der Waals surface area contributed by atoms with Gasteiger partial charge in [0.15, 0.2) is 4.96 Å². The fourth-order valence-corrected chi connectivity index (χ4v) is 4.20. The van der Waals surface area contributed by atoms with Gasteiger partial charge in [0.2, 0.25) is 0 Å². The van der Waals surface area contributed by atoms with Crippen LogP contribution in [0.2, 0.25) is 0 Å². The quantitative estimate of drug-likeness (QED) is 0.383. The number of hydrogen-bond donors (Lipinski definition) is 1. The first-order chi connectivity index (χ1) is 12.7. The Hall–Kier alpha value is -2.06. The molecule has 26 heavy (non-hydrogen) atoms. The van der Waals surface area contributed by atoms with Crippen molar-refractivity contribution < 1.29 is 0 Å². The third-order valence-electron chi connectivity index (χ3n) is 4.29. The Kier molecular flexibility index (Phi) is 4.86. The Morgan fingerprint density at radius 1 is 1.19 bits per heavy atom. The van der Waals surface area contributed by atoms with E-state index in [-0.39, 0.29) is 0 Å². The fraction of sp³-hybridized carbons (Fsp3) is 0.150. The molecule has 0 aliphatic rings. The molecule has 4 rings (SSSR count). The SMILES string of the molecule is CN(C)c1ccc(-c2cn3c(n2)sc2cc(NCC=C[123I])ccc23)cc1. The summed E-state index contributed by atoms with van der Waals surface area (Å²) in [6, 6.07) is 15.0. The highest BCUT2D eigenvalue weighted by atomic mass is 123. The first kappa shape index (κ1) is 17.4. The van der Waals surface area contributed by atoms with E-state index in [1.165, 1.54) is 15.9 Å². The standard InChI is InChI=1S/C20H19IN4S/c1-24(2)16-7-4-14(5-8-16)17-13-25-18-9-6-15(22-11-3-10-21)12-19(18)26-20(25)23-17/h3-10,12-13,22H,11H2,1-2H3/i21-4. The maximum Gasteiger partial charge on any atom is 0.195 e. The van der Waals surface area contributed by atoms with Gasteiger partial charge in [-0.05, 0) is 34.4 Å². The number of anilines is 2. The molecule has 0 spiro atoms. The Balaban J connectivity index is 1.67. The zero-order chi connectivity index (χ0) is 18.1. The van der Waals surface area contributed by atoms with Crippen LogP contribution >= 0.6 is 33.9 Å². The molecular weight excluding hydrogens is 451 g/mol. The van der Waals surface area contributed by atoms with Gasteiger partial charge in [0, 0.05) is 43.8 Å². The van der Waals surface area contributed by atoms with Crippen molar-refractivity contribution in [1.82, 2.24) is 9.38 Å². The molecule has 6 heteroatoms. The van der Waals surface area contributed by atoms with Crippen molar-refractivity contribution in [1.29, 1.82) is 0 Å². The zero-order valence-corrected chi connectivity index (χ0v) is 17.6. The monoisotopic (exact) mass is 470 g/mol. The van der Waals surface area contributed by atoms with E-state index >= 15 is 0 Å². The predicted molar refractivity (Wildman–Crippen MR) is 122 cm³/mol. The molecule has 132 valence electrons.